The molecule has 0 atom stereocenters. The van der Waals surface area contributed by atoms with E-state index in [1.165, 1.54) is 7.11 Å². The molecular weight excluding hydrogens is 179 g/mol. The minimum absolute atomic E-state index is 1.05. The molecule has 1 rings (SSSR count). The van der Waals surface area contributed by atoms with Crippen molar-refractivity contribution in [3.63, 3.8) is 0 Å². The molecular formula is C7H11O2PS. The highest BCUT2D eigenvalue weighted by Gasteiger charge is 2.19. The highest BCUT2D eigenvalue weighted by atomic mass is 32.2. The maximum absolute atomic E-state index is 11.6. The van der Waals surface area contributed by atoms with Crippen LogP contribution in [0.4, 0.5) is 0 Å². The number of allylic oxidation sites excluding steroid dienone is 2. The van der Waals surface area contributed by atoms with Crippen molar-refractivity contribution in [2.24, 2.45) is 0 Å². The second-order valence-corrected chi connectivity index (χ2v) is 6.07. The van der Waals surface area contributed by atoms with Gasteiger partial charge >= 0.3 is 0 Å². The summed E-state index contributed by atoms with van der Waals surface area (Å²) in [5.74, 6) is 3.40. The van der Waals surface area contributed by atoms with Crippen LogP contribution in [0.2, 0.25) is 0 Å². The van der Waals surface area contributed by atoms with Gasteiger partial charge < -0.3 is 4.52 Å². The van der Waals surface area contributed by atoms with Crippen LogP contribution in [0.15, 0.2) is 21.4 Å². The molecule has 0 aromatic heterocycles. The van der Waals surface area contributed by atoms with Gasteiger partial charge in [0, 0.05) is 18.7 Å². The summed E-state index contributed by atoms with van der Waals surface area (Å²) in [4.78, 5) is 2.10. The standard InChI is InChI=1S/C7H11O2PS/c1-6-4-10(8,9-3)5-7(2)11-6/h4-5H,1-3H3. The van der Waals surface area contributed by atoms with Gasteiger partial charge in [0.1, 0.15) is 0 Å². The zero-order valence-electron chi connectivity index (χ0n) is 6.83. The first-order valence-electron chi connectivity index (χ1n) is 3.28. The van der Waals surface area contributed by atoms with E-state index in [2.05, 4.69) is 0 Å². The fraction of sp³-hybridized carbons (Fsp3) is 0.429. The van der Waals surface area contributed by atoms with Crippen LogP contribution < -0.4 is 0 Å². The van der Waals surface area contributed by atoms with Crippen LogP contribution >= 0.6 is 19.1 Å². The van der Waals surface area contributed by atoms with E-state index in [0.29, 0.717) is 0 Å². The monoisotopic (exact) mass is 190 g/mol. The minimum Gasteiger partial charge on any atom is -0.326 e. The van der Waals surface area contributed by atoms with E-state index in [1.54, 1.807) is 23.4 Å². The Balaban J connectivity index is 2.99. The molecule has 0 aromatic rings. The summed E-state index contributed by atoms with van der Waals surface area (Å²) in [6, 6.07) is 0. The summed E-state index contributed by atoms with van der Waals surface area (Å²) in [5, 5.41) is 0. The Hall–Kier alpha value is 0.0200. The van der Waals surface area contributed by atoms with Crippen LogP contribution in [-0.4, -0.2) is 7.11 Å². The summed E-state index contributed by atoms with van der Waals surface area (Å²) in [7, 11) is -1.07. The molecule has 0 saturated heterocycles. The van der Waals surface area contributed by atoms with E-state index in [1.807, 2.05) is 13.8 Å². The molecule has 0 saturated carbocycles. The quantitative estimate of drug-likeness (QED) is 0.593. The third-order valence-corrected chi connectivity index (χ3v) is 4.62. The largest absolute Gasteiger partial charge is 0.326 e. The van der Waals surface area contributed by atoms with Crippen molar-refractivity contribution < 1.29 is 9.09 Å². The van der Waals surface area contributed by atoms with E-state index in [0.717, 1.165) is 9.81 Å². The SMILES string of the molecule is COP1(=O)C=C(C)SC(C)=C1. The third kappa shape index (κ3) is 2.22. The van der Waals surface area contributed by atoms with Gasteiger partial charge in [-0.15, -0.1) is 0 Å². The lowest BCUT2D eigenvalue weighted by molar-refractivity contribution is 0.410. The minimum atomic E-state index is -2.55. The third-order valence-electron chi connectivity index (χ3n) is 1.33. The van der Waals surface area contributed by atoms with Gasteiger partial charge in [-0.2, -0.15) is 0 Å². The molecule has 0 radical (unpaired) electrons. The summed E-state index contributed by atoms with van der Waals surface area (Å²) in [5.41, 5.74) is 0. The summed E-state index contributed by atoms with van der Waals surface area (Å²) >= 11 is 1.63. The van der Waals surface area contributed by atoms with Crippen LogP contribution in [0.3, 0.4) is 0 Å². The average molecular weight is 190 g/mol. The Morgan fingerprint density at radius 3 is 2.18 bits per heavy atom. The Morgan fingerprint density at radius 2 is 1.82 bits per heavy atom. The molecule has 1 heterocycles. The fourth-order valence-corrected chi connectivity index (χ4v) is 4.07. The molecule has 62 valence electrons. The van der Waals surface area contributed by atoms with E-state index in [-0.39, 0.29) is 0 Å². The van der Waals surface area contributed by atoms with Crippen LogP contribution in [0.5, 0.6) is 0 Å². The van der Waals surface area contributed by atoms with Gasteiger partial charge in [-0.25, -0.2) is 0 Å². The first-order chi connectivity index (χ1) is 5.06. The van der Waals surface area contributed by atoms with Crippen molar-refractivity contribution in [2.45, 2.75) is 13.8 Å². The zero-order valence-corrected chi connectivity index (χ0v) is 8.54. The molecule has 0 spiro atoms. The van der Waals surface area contributed by atoms with E-state index >= 15 is 0 Å². The lowest BCUT2D eigenvalue weighted by Gasteiger charge is -2.15. The van der Waals surface area contributed by atoms with E-state index in [9.17, 15) is 4.57 Å². The Bertz CT molecular complexity index is 246. The number of hydrogen-bond donors (Lipinski definition) is 0. The van der Waals surface area contributed by atoms with Gasteiger partial charge in [0.15, 0.2) is 0 Å². The number of rotatable bonds is 1. The lowest BCUT2D eigenvalue weighted by Crippen LogP contribution is -1.84. The Labute approximate surface area is 71.2 Å². The Morgan fingerprint density at radius 1 is 1.36 bits per heavy atom. The molecule has 4 heteroatoms. The second kappa shape index (κ2) is 3.18. The summed E-state index contributed by atoms with van der Waals surface area (Å²) in [6.45, 7) is 3.87. The highest BCUT2D eigenvalue weighted by Crippen LogP contribution is 2.56. The molecule has 2 nitrogen and oxygen atoms in total. The van der Waals surface area contributed by atoms with Gasteiger partial charge in [-0.1, -0.05) is 11.8 Å². The predicted molar refractivity (Wildman–Crippen MR) is 49.7 cm³/mol. The molecule has 0 N–H and O–H groups in total. The normalized spacial score (nSPS) is 22.5. The van der Waals surface area contributed by atoms with Gasteiger partial charge in [0.05, 0.1) is 0 Å². The van der Waals surface area contributed by atoms with Crippen molar-refractivity contribution in [3.8, 4) is 0 Å². The molecule has 1 aliphatic rings. The fourth-order valence-electron chi connectivity index (χ4n) is 0.956. The van der Waals surface area contributed by atoms with Crippen LogP contribution in [0.1, 0.15) is 13.8 Å². The lowest BCUT2D eigenvalue weighted by atomic mass is 10.7. The maximum atomic E-state index is 11.6. The predicted octanol–water partition coefficient (Wildman–Crippen LogP) is 3.38. The topological polar surface area (TPSA) is 26.3 Å². The van der Waals surface area contributed by atoms with Gasteiger partial charge in [0.2, 0.25) is 7.37 Å². The summed E-state index contributed by atoms with van der Waals surface area (Å²) < 4.78 is 16.5. The van der Waals surface area contributed by atoms with Gasteiger partial charge in [-0.05, 0) is 23.7 Å². The molecule has 11 heavy (non-hydrogen) atoms. The van der Waals surface area contributed by atoms with Crippen molar-refractivity contribution in [2.75, 3.05) is 7.11 Å². The highest BCUT2D eigenvalue weighted by molar-refractivity contribution is 8.07. The first kappa shape index (κ1) is 9.11. The van der Waals surface area contributed by atoms with Crippen LogP contribution in [0.25, 0.3) is 0 Å². The molecule has 0 unspecified atom stereocenters. The van der Waals surface area contributed by atoms with Crippen molar-refractivity contribution in [1.82, 2.24) is 0 Å². The molecule has 0 aromatic carbocycles. The molecule has 1 aliphatic heterocycles. The molecule has 0 aliphatic carbocycles. The van der Waals surface area contributed by atoms with Crippen molar-refractivity contribution in [1.29, 1.82) is 0 Å². The second-order valence-electron chi connectivity index (χ2n) is 2.41. The van der Waals surface area contributed by atoms with Gasteiger partial charge in [-0.3, -0.25) is 4.57 Å². The van der Waals surface area contributed by atoms with E-state index in [4.69, 9.17) is 4.52 Å². The zero-order chi connectivity index (χ0) is 8.48. The summed E-state index contributed by atoms with van der Waals surface area (Å²) in [6.07, 6.45) is 0. The number of thioether (sulfide) groups is 1. The van der Waals surface area contributed by atoms with Gasteiger partial charge in [0.25, 0.3) is 0 Å². The first-order valence-corrected chi connectivity index (χ1v) is 5.85. The van der Waals surface area contributed by atoms with Crippen molar-refractivity contribution >= 4 is 19.1 Å². The maximum Gasteiger partial charge on any atom is 0.248 e. The van der Waals surface area contributed by atoms with E-state index < -0.39 is 7.37 Å². The van der Waals surface area contributed by atoms with Crippen LogP contribution in [0, 0.1) is 0 Å². The average Bonchev–Trinajstić information content (AvgIpc) is 1.84. The number of hydrogen-bond acceptors (Lipinski definition) is 3. The molecule has 0 bridgehead atoms. The van der Waals surface area contributed by atoms with Crippen LogP contribution in [-0.2, 0) is 9.09 Å². The Kier molecular flexibility index (Phi) is 2.63. The molecule has 0 amide bonds. The molecule has 0 fully saturated rings. The van der Waals surface area contributed by atoms with Crippen molar-refractivity contribution in [3.05, 3.63) is 21.4 Å². The smallest absolute Gasteiger partial charge is 0.248 e.